The molecule has 1 aromatic carbocycles. The van der Waals surface area contributed by atoms with Crippen LogP contribution in [0.1, 0.15) is 20.7 Å². The first-order chi connectivity index (χ1) is 8.75. The van der Waals surface area contributed by atoms with Crippen molar-refractivity contribution in [1.29, 1.82) is 0 Å². The minimum atomic E-state index is -0.373. The first-order valence-electron chi connectivity index (χ1n) is 5.46. The van der Waals surface area contributed by atoms with E-state index in [1.807, 2.05) is 6.08 Å². The van der Waals surface area contributed by atoms with Gasteiger partial charge in [-0.3, -0.25) is 25.3 Å². The van der Waals surface area contributed by atoms with E-state index in [2.05, 4.69) is 15.7 Å². The van der Waals surface area contributed by atoms with Crippen LogP contribution in [0.2, 0.25) is 0 Å². The zero-order valence-electron chi connectivity index (χ0n) is 9.38. The molecule has 90 valence electrons. The third kappa shape index (κ3) is 1.64. The van der Waals surface area contributed by atoms with E-state index in [-0.39, 0.29) is 11.8 Å². The van der Waals surface area contributed by atoms with E-state index >= 15 is 0 Å². The van der Waals surface area contributed by atoms with Gasteiger partial charge < -0.3 is 0 Å². The molecule has 2 aliphatic rings. The third-order valence-electron chi connectivity index (χ3n) is 2.73. The summed E-state index contributed by atoms with van der Waals surface area (Å²) in [5, 5.41) is 4.00. The van der Waals surface area contributed by atoms with E-state index in [1.165, 1.54) is 0 Å². The number of rotatable bonds is 2. The van der Waals surface area contributed by atoms with Crippen LogP contribution in [0.15, 0.2) is 35.5 Å². The van der Waals surface area contributed by atoms with Crippen LogP contribution in [0.5, 0.6) is 0 Å². The number of anilines is 1. The molecule has 0 fully saturated rings. The molecule has 3 rings (SSSR count). The molecule has 0 spiro atoms. The Bertz CT molecular complexity index is 592. The molecule has 0 aliphatic carbocycles. The zero-order chi connectivity index (χ0) is 12.5. The molecular weight excluding hydrogens is 232 g/mol. The number of carbonyl (C=O) groups is 2. The van der Waals surface area contributed by atoms with Crippen molar-refractivity contribution in [2.75, 3.05) is 12.0 Å². The molecule has 0 bridgehead atoms. The van der Waals surface area contributed by atoms with Crippen molar-refractivity contribution in [2.24, 2.45) is 4.99 Å². The highest BCUT2D eigenvalue weighted by molar-refractivity contribution is 6.23. The SMILES string of the molecule is O=C1NC(=O)c2c(NN3C=NC=CC3)cccc21. The maximum Gasteiger partial charge on any atom is 0.261 e. The minimum absolute atomic E-state index is 0.356. The second-order valence-electron chi connectivity index (χ2n) is 3.92. The number of imide groups is 1. The largest absolute Gasteiger partial charge is 0.296 e. The van der Waals surface area contributed by atoms with Crippen molar-refractivity contribution in [2.45, 2.75) is 0 Å². The van der Waals surface area contributed by atoms with E-state index in [9.17, 15) is 9.59 Å². The fraction of sp³-hybridized carbons (Fsp3) is 0.0833. The third-order valence-corrected chi connectivity index (χ3v) is 2.73. The summed E-state index contributed by atoms with van der Waals surface area (Å²) in [4.78, 5) is 27.2. The Labute approximate surface area is 103 Å². The molecular formula is C12H10N4O2. The lowest BCUT2D eigenvalue weighted by Gasteiger charge is -2.22. The first-order valence-corrected chi connectivity index (χ1v) is 5.46. The van der Waals surface area contributed by atoms with E-state index in [0.29, 0.717) is 23.4 Å². The Balaban J connectivity index is 1.94. The summed E-state index contributed by atoms with van der Waals surface area (Å²) in [6.07, 6.45) is 5.19. The number of nitrogens with one attached hydrogen (secondary N) is 2. The van der Waals surface area contributed by atoms with E-state index in [4.69, 9.17) is 0 Å². The van der Waals surface area contributed by atoms with Crippen LogP contribution >= 0.6 is 0 Å². The summed E-state index contributed by atoms with van der Waals surface area (Å²) in [5.74, 6) is -0.728. The molecule has 2 N–H and O–H groups in total. The van der Waals surface area contributed by atoms with Crippen LogP contribution in [0.4, 0.5) is 5.69 Å². The monoisotopic (exact) mass is 242 g/mol. The maximum absolute atomic E-state index is 11.7. The normalized spacial score (nSPS) is 16.8. The van der Waals surface area contributed by atoms with E-state index < -0.39 is 0 Å². The van der Waals surface area contributed by atoms with Crippen LogP contribution in [0.3, 0.4) is 0 Å². The van der Waals surface area contributed by atoms with Gasteiger partial charge in [0.25, 0.3) is 11.8 Å². The molecule has 2 aliphatic heterocycles. The summed E-state index contributed by atoms with van der Waals surface area (Å²) in [6.45, 7) is 0.642. The lowest BCUT2D eigenvalue weighted by Crippen LogP contribution is -2.31. The van der Waals surface area contributed by atoms with Gasteiger partial charge in [0.2, 0.25) is 0 Å². The molecule has 18 heavy (non-hydrogen) atoms. The number of fused-ring (bicyclic) bond motifs is 1. The Morgan fingerprint density at radius 2 is 2.17 bits per heavy atom. The average molecular weight is 242 g/mol. The maximum atomic E-state index is 11.7. The first kappa shape index (κ1) is 10.5. The molecule has 0 saturated carbocycles. The molecule has 6 heteroatoms. The molecule has 0 radical (unpaired) electrons. The topological polar surface area (TPSA) is 73.8 Å². The molecule has 2 amide bonds. The van der Waals surface area contributed by atoms with E-state index in [1.54, 1.807) is 35.7 Å². The molecule has 0 aromatic heterocycles. The van der Waals surface area contributed by atoms with Gasteiger partial charge in [-0.15, -0.1) is 0 Å². The number of benzene rings is 1. The lowest BCUT2D eigenvalue weighted by molar-refractivity contribution is 0.0880. The predicted molar refractivity (Wildman–Crippen MR) is 66.2 cm³/mol. The molecule has 6 nitrogen and oxygen atoms in total. The molecule has 1 aromatic rings. The minimum Gasteiger partial charge on any atom is -0.296 e. The van der Waals surface area contributed by atoms with Gasteiger partial charge in [0.1, 0.15) is 6.34 Å². The van der Waals surface area contributed by atoms with Crippen molar-refractivity contribution in [3.8, 4) is 0 Å². The Hall–Kier alpha value is -2.63. The lowest BCUT2D eigenvalue weighted by atomic mass is 10.1. The van der Waals surface area contributed by atoms with Crippen LogP contribution < -0.4 is 10.7 Å². The van der Waals surface area contributed by atoms with Gasteiger partial charge in [0, 0.05) is 6.20 Å². The Kier molecular flexibility index (Phi) is 2.33. The second kappa shape index (κ2) is 3.99. The number of amides is 2. The van der Waals surface area contributed by atoms with Crippen LogP contribution in [-0.4, -0.2) is 29.7 Å². The smallest absolute Gasteiger partial charge is 0.261 e. The summed E-state index contributed by atoms with van der Waals surface area (Å²) in [7, 11) is 0. The predicted octanol–water partition coefficient (Wildman–Crippen LogP) is 0.755. The Morgan fingerprint density at radius 3 is 2.94 bits per heavy atom. The summed E-state index contributed by atoms with van der Waals surface area (Å²) < 4.78 is 0. The Morgan fingerprint density at radius 1 is 1.28 bits per heavy atom. The van der Waals surface area contributed by atoms with Crippen molar-refractivity contribution in [1.82, 2.24) is 10.3 Å². The zero-order valence-corrected chi connectivity index (χ0v) is 9.38. The highest BCUT2D eigenvalue weighted by atomic mass is 16.2. The van der Waals surface area contributed by atoms with Crippen molar-refractivity contribution in [3.63, 3.8) is 0 Å². The van der Waals surface area contributed by atoms with Gasteiger partial charge in [0.15, 0.2) is 0 Å². The van der Waals surface area contributed by atoms with E-state index in [0.717, 1.165) is 0 Å². The van der Waals surface area contributed by atoms with Crippen molar-refractivity contribution in [3.05, 3.63) is 41.6 Å². The molecule has 2 heterocycles. The van der Waals surface area contributed by atoms with Crippen LogP contribution in [0.25, 0.3) is 0 Å². The van der Waals surface area contributed by atoms with Gasteiger partial charge in [0.05, 0.1) is 23.4 Å². The fourth-order valence-electron chi connectivity index (χ4n) is 1.93. The van der Waals surface area contributed by atoms with Gasteiger partial charge in [-0.25, -0.2) is 4.99 Å². The van der Waals surface area contributed by atoms with Gasteiger partial charge in [-0.1, -0.05) is 6.07 Å². The van der Waals surface area contributed by atoms with Crippen LogP contribution in [-0.2, 0) is 0 Å². The quantitative estimate of drug-likeness (QED) is 0.751. The highest BCUT2D eigenvalue weighted by Crippen LogP contribution is 2.24. The fourth-order valence-corrected chi connectivity index (χ4v) is 1.93. The second-order valence-corrected chi connectivity index (χ2v) is 3.92. The number of hydrogen-bond donors (Lipinski definition) is 2. The number of carbonyl (C=O) groups excluding carboxylic acids is 2. The number of aliphatic imine (C=N–C) groups is 1. The van der Waals surface area contributed by atoms with Crippen molar-refractivity contribution < 1.29 is 9.59 Å². The molecule has 0 unspecified atom stereocenters. The summed E-state index contributed by atoms with van der Waals surface area (Å²) in [5.41, 5.74) is 4.42. The average Bonchev–Trinajstić information content (AvgIpc) is 2.67. The summed E-state index contributed by atoms with van der Waals surface area (Å²) in [6, 6.07) is 5.12. The van der Waals surface area contributed by atoms with Gasteiger partial charge in [-0.2, -0.15) is 0 Å². The molecule has 0 atom stereocenters. The molecule has 0 saturated heterocycles. The summed E-state index contributed by atoms with van der Waals surface area (Å²) >= 11 is 0. The highest BCUT2D eigenvalue weighted by Gasteiger charge is 2.29. The van der Waals surface area contributed by atoms with Gasteiger partial charge >= 0.3 is 0 Å². The standard InChI is InChI=1S/C12H10N4O2/c17-11-8-3-1-4-9(10(8)12(18)14-11)15-16-6-2-5-13-7-16/h1-5,7,15H,6H2,(H,14,17,18). The van der Waals surface area contributed by atoms with Gasteiger partial charge in [-0.05, 0) is 18.2 Å². The number of hydrazine groups is 1. The number of hydrogen-bond acceptors (Lipinski definition) is 5. The van der Waals surface area contributed by atoms with Crippen LogP contribution in [0, 0.1) is 0 Å². The van der Waals surface area contributed by atoms with Crippen molar-refractivity contribution >= 4 is 23.8 Å². The number of nitrogens with zero attached hydrogens (tertiary/aromatic N) is 2.